The first-order chi connectivity index (χ1) is 30.9. The fourth-order valence-electron chi connectivity index (χ4n) is 9.93. The fourth-order valence-corrected chi connectivity index (χ4v) is 9.93. The van der Waals surface area contributed by atoms with Gasteiger partial charge in [-0.2, -0.15) is 0 Å². The summed E-state index contributed by atoms with van der Waals surface area (Å²) in [4.78, 5) is 86.4. The summed E-state index contributed by atoms with van der Waals surface area (Å²) in [6.07, 6.45) is 8.56. The molecule has 0 spiro atoms. The number of carbonyl (C=O) groups excluding carboxylic acids is 6. The number of rotatable bonds is 14. The highest BCUT2D eigenvalue weighted by atomic mass is 16.2. The van der Waals surface area contributed by atoms with Crippen molar-refractivity contribution in [1.29, 1.82) is 0 Å². The molecule has 3 aromatic rings. The number of Topliss-reactive ketones (excluding diaryl/α,β-unsaturated/α-hetero) is 1. The Morgan fingerprint density at radius 1 is 0.703 bits per heavy atom. The second-order valence-electron chi connectivity index (χ2n) is 18.3. The van der Waals surface area contributed by atoms with Gasteiger partial charge in [-0.25, -0.2) is 0 Å². The van der Waals surface area contributed by atoms with E-state index in [0.29, 0.717) is 56.3 Å². The number of benzene rings is 3. The van der Waals surface area contributed by atoms with Gasteiger partial charge in [-0.15, -0.1) is 0 Å². The molecule has 0 radical (unpaired) electrons. The smallest absolute Gasteiger partial charge is 0.250 e. The minimum atomic E-state index is -1.07. The van der Waals surface area contributed by atoms with E-state index >= 15 is 0 Å². The van der Waals surface area contributed by atoms with Gasteiger partial charge in [-0.1, -0.05) is 86.4 Å². The lowest BCUT2D eigenvalue weighted by Crippen LogP contribution is -2.54. The number of ketones is 1. The molecular formula is C52H64N6O6. The molecule has 2 heterocycles. The average molecular weight is 869 g/mol. The monoisotopic (exact) mass is 868 g/mol. The van der Waals surface area contributed by atoms with Crippen molar-refractivity contribution in [2.45, 2.75) is 140 Å². The van der Waals surface area contributed by atoms with Crippen LogP contribution in [0.4, 0.5) is 0 Å². The van der Waals surface area contributed by atoms with Crippen molar-refractivity contribution in [1.82, 2.24) is 31.1 Å². The molecule has 7 atom stereocenters. The zero-order valence-corrected chi connectivity index (χ0v) is 37.8. The highest BCUT2D eigenvalue weighted by Crippen LogP contribution is 2.36. The minimum absolute atomic E-state index is 0.0128. The van der Waals surface area contributed by atoms with Crippen LogP contribution in [0.5, 0.6) is 0 Å². The summed E-state index contributed by atoms with van der Waals surface area (Å²) < 4.78 is 0. The van der Waals surface area contributed by atoms with Crippen molar-refractivity contribution in [3.8, 4) is 11.8 Å². The molecule has 4 aliphatic rings. The zero-order valence-electron chi connectivity index (χ0n) is 37.8. The highest BCUT2D eigenvalue weighted by Gasteiger charge is 2.41. The maximum Gasteiger partial charge on any atom is 0.250 e. The van der Waals surface area contributed by atoms with Crippen LogP contribution in [0.2, 0.25) is 0 Å². The van der Waals surface area contributed by atoms with Gasteiger partial charge >= 0.3 is 0 Å². The van der Waals surface area contributed by atoms with Gasteiger partial charge in [0.05, 0.1) is 18.1 Å². The van der Waals surface area contributed by atoms with E-state index < -0.39 is 36.1 Å². The van der Waals surface area contributed by atoms with Crippen molar-refractivity contribution in [3.05, 3.63) is 106 Å². The predicted molar refractivity (Wildman–Crippen MR) is 246 cm³/mol. The number of nitrogens with one attached hydrogen (secondary N) is 4. The van der Waals surface area contributed by atoms with E-state index in [0.717, 1.165) is 44.1 Å². The summed E-state index contributed by atoms with van der Waals surface area (Å²) >= 11 is 0. The van der Waals surface area contributed by atoms with Crippen LogP contribution in [0.15, 0.2) is 72.8 Å². The fraction of sp³-hybridized carbons (Fsp3) is 0.500. The summed E-state index contributed by atoms with van der Waals surface area (Å²) in [5, 5.41) is 12.0. The summed E-state index contributed by atoms with van der Waals surface area (Å²) in [6, 6.07) is 19.6. The summed E-state index contributed by atoms with van der Waals surface area (Å²) in [6.45, 7) is 6.04. The lowest BCUT2D eigenvalue weighted by molar-refractivity contribution is -0.142. The van der Waals surface area contributed by atoms with Gasteiger partial charge in [0.25, 0.3) is 0 Å². The second-order valence-corrected chi connectivity index (χ2v) is 18.3. The second kappa shape index (κ2) is 21.3. The molecule has 5 amide bonds. The molecular weight excluding hydrogens is 805 g/mol. The molecule has 2 fully saturated rings. The van der Waals surface area contributed by atoms with Gasteiger partial charge < -0.3 is 31.1 Å². The van der Waals surface area contributed by atoms with Crippen LogP contribution < -0.4 is 21.3 Å². The molecule has 338 valence electrons. The quantitative estimate of drug-likeness (QED) is 0.154. The third kappa shape index (κ3) is 10.8. The van der Waals surface area contributed by atoms with Crippen LogP contribution in [-0.4, -0.2) is 89.4 Å². The average Bonchev–Trinajstić information content (AvgIpc) is 4.02. The first-order valence-electron chi connectivity index (χ1n) is 23.4. The Morgan fingerprint density at radius 2 is 1.36 bits per heavy atom. The minimum Gasteiger partial charge on any atom is -0.347 e. The van der Waals surface area contributed by atoms with Crippen LogP contribution in [0, 0.1) is 17.8 Å². The van der Waals surface area contributed by atoms with Gasteiger partial charge in [-0.3, -0.25) is 28.8 Å². The van der Waals surface area contributed by atoms with Gasteiger partial charge in [0.15, 0.2) is 5.78 Å². The van der Waals surface area contributed by atoms with E-state index in [2.05, 4.69) is 57.4 Å². The first-order valence-corrected chi connectivity index (χ1v) is 23.4. The van der Waals surface area contributed by atoms with E-state index in [-0.39, 0.29) is 53.7 Å². The predicted octanol–water partition coefficient (Wildman–Crippen LogP) is 5.59. The van der Waals surface area contributed by atoms with E-state index in [1.807, 2.05) is 24.3 Å². The molecule has 0 unspecified atom stereocenters. The summed E-state index contributed by atoms with van der Waals surface area (Å²) in [5.41, 5.74) is 5.93. The van der Waals surface area contributed by atoms with Gasteiger partial charge in [0.2, 0.25) is 29.5 Å². The lowest BCUT2D eigenvalue weighted by Gasteiger charge is -2.32. The highest BCUT2D eigenvalue weighted by molar-refractivity contribution is 5.95. The van der Waals surface area contributed by atoms with Crippen LogP contribution in [-0.2, 0) is 41.6 Å². The van der Waals surface area contributed by atoms with Gasteiger partial charge in [-0.05, 0) is 124 Å². The Kier molecular flexibility index (Phi) is 15.3. The standard InChI is InChI=1S/C52H64N6O6/c1-33(2)48(60)56-47(52(64)58-30-14-28-45(58)50(62)54-42-25-12-20-37-18-6-8-24-41(37)42)39-22-9-15-35(31-39)16-10-26-43(55-49(61)34(3)53-4)51(63)57-29-13-27-44(57)46(59)32-38-21-11-19-36-17-5-7-23-40(36)38/h5-9,15,17-18,22-24,31,33-34,38,42-45,47,53H,11-14,19-21,25-30,32H2,1-4H3,(H,54,62)(H,55,61)(H,56,60)/t34-,38-,42+,43-,44-,45-,47-/m0/s1. The van der Waals surface area contributed by atoms with E-state index in [1.165, 1.54) is 16.7 Å². The van der Waals surface area contributed by atoms with Crippen LogP contribution in [0.1, 0.15) is 136 Å². The zero-order chi connectivity index (χ0) is 45.3. The Morgan fingerprint density at radius 3 is 2.08 bits per heavy atom. The molecule has 2 saturated heterocycles. The van der Waals surface area contributed by atoms with Crippen LogP contribution >= 0.6 is 0 Å². The van der Waals surface area contributed by atoms with Crippen LogP contribution in [0.3, 0.4) is 0 Å². The topological polar surface area (TPSA) is 157 Å². The first kappa shape index (κ1) is 46.2. The Balaban J connectivity index is 1.07. The molecule has 2 aliphatic carbocycles. The molecule has 12 heteroatoms. The molecule has 4 N–H and O–H groups in total. The van der Waals surface area contributed by atoms with Crippen molar-refractivity contribution in [2.24, 2.45) is 5.92 Å². The molecule has 64 heavy (non-hydrogen) atoms. The third-order valence-corrected chi connectivity index (χ3v) is 13.6. The molecule has 3 aromatic carbocycles. The van der Waals surface area contributed by atoms with Crippen molar-refractivity contribution < 1.29 is 28.8 Å². The van der Waals surface area contributed by atoms with E-state index in [9.17, 15) is 28.8 Å². The molecule has 0 saturated carbocycles. The number of hydrogen-bond donors (Lipinski definition) is 4. The molecule has 7 rings (SSSR count). The van der Waals surface area contributed by atoms with E-state index in [4.69, 9.17) is 0 Å². The number of carbonyl (C=O) groups is 6. The van der Waals surface area contributed by atoms with Gasteiger partial charge in [0, 0.05) is 37.4 Å². The number of nitrogens with zero attached hydrogens (tertiary/aromatic N) is 2. The largest absolute Gasteiger partial charge is 0.347 e. The number of likely N-dealkylation sites (tertiary alicyclic amines) is 2. The summed E-state index contributed by atoms with van der Waals surface area (Å²) in [5.74, 6) is 4.48. The van der Waals surface area contributed by atoms with Crippen molar-refractivity contribution in [2.75, 3.05) is 20.1 Å². The Bertz CT molecular complexity index is 2280. The molecule has 0 aromatic heterocycles. The molecule has 12 nitrogen and oxygen atoms in total. The molecule has 2 aliphatic heterocycles. The van der Waals surface area contributed by atoms with E-state index in [1.54, 1.807) is 61.9 Å². The van der Waals surface area contributed by atoms with Crippen molar-refractivity contribution in [3.63, 3.8) is 0 Å². The maximum atomic E-state index is 14.5. The SMILES string of the molecule is CN[C@@H](C)C(=O)N[C@@H](CC#Cc1cccc([C@H](NC(=O)C(C)C)C(=O)N2CCC[C@H]2C(=O)N[C@@H]2CCCc3ccccc32)c1)C(=O)N1CCC[C@H]1C(=O)C[C@@H]1CCCc2ccccc21. The maximum absolute atomic E-state index is 14.5. The number of hydrogen-bond acceptors (Lipinski definition) is 7. The van der Waals surface area contributed by atoms with Crippen molar-refractivity contribution >= 4 is 35.3 Å². The molecule has 0 bridgehead atoms. The lowest BCUT2D eigenvalue weighted by atomic mass is 9.79. The Hall–Kier alpha value is -5.80. The summed E-state index contributed by atoms with van der Waals surface area (Å²) in [7, 11) is 1.67. The third-order valence-electron chi connectivity index (χ3n) is 13.6. The number of amides is 5. The number of likely N-dealkylation sites (N-methyl/N-ethyl adjacent to an activating group) is 1. The van der Waals surface area contributed by atoms with Gasteiger partial charge in [0.1, 0.15) is 18.1 Å². The number of fused-ring (bicyclic) bond motifs is 2. The number of aryl methyl sites for hydroxylation is 2. The Labute approximate surface area is 378 Å². The van der Waals surface area contributed by atoms with Crippen LogP contribution in [0.25, 0.3) is 0 Å². The normalized spacial score (nSPS) is 21.6.